The molecule has 176 valence electrons. The summed E-state index contributed by atoms with van der Waals surface area (Å²) in [6.07, 6.45) is 3.55. The van der Waals surface area contributed by atoms with Gasteiger partial charge in [0, 0.05) is 12.3 Å². The van der Waals surface area contributed by atoms with Crippen LogP contribution in [0.4, 0.5) is 4.79 Å². The van der Waals surface area contributed by atoms with Gasteiger partial charge in [0.05, 0.1) is 19.8 Å². The lowest BCUT2D eigenvalue weighted by Gasteiger charge is -2.31. The third kappa shape index (κ3) is 6.33. The number of carbonyl (C=O) groups is 4. The molecule has 2 atom stereocenters. The molecule has 0 aromatic heterocycles. The van der Waals surface area contributed by atoms with Crippen LogP contribution in [0.2, 0.25) is 0 Å². The number of nitrogens with one attached hydrogen (secondary N) is 1. The average Bonchev–Trinajstić information content (AvgIpc) is 3.07. The van der Waals surface area contributed by atoms with E-state index in [4.69, 9.17) is 14.2 Å². The number of ether oxygens (including phenoxy) is 3. The first-order valence-electron chi connectivity index (χ1n) is 11.2. The Morgan fingerprint density at radius 1 is 1.00 bits per heavy atom. The molecular formula is C22H36N2O7. The number of alkyl carbamates (subject to hydrolysis) is 1. The number of amides is 2. The molecule has 0 radical (unpaired) electrons. The van der Waals surface area contributed by atoms with Crippen molar-refractivity contribution in [2.45, 2.75) is 90.3 Å². The van der Waals surface area contributed by atoms with Crippen molar-refractivity contribution in [3.8, 4) is 0 Å². The molecular weight excluding hydrogens is 404 g/mol. The second kappa shape index (κ2) is 10.3. The average molecular weight is 441 g/mol. The zero-order valence-corrected chi connectivity index (χ0v) is 19.3. The van der Waals surface area contributed by atoms with E-state index in [0.717, 1.165) is 32.1 Å². The van der Waals surface area contributed by atoms with E-state index in [1.54, 1.807) is 34.6 Å². The minimum absolute atomic E-state index is 0.0945. The van der Waals surface area contributed by atoms with E-state index in [-0.39, 0.29) is 38.0 Å². The normalized spacial score (nSPS) is 24.4. The highest BCUT2D eigenvalue weighted by Gasteiger charge is 2.56. The number of carbonyl (C=O) groups excluding carboxylic acids is 4. The molecule has 0 aromatic carbocycles. The number of esters is 2. The molecule has 0 aromatic rings. The van der Waals surface area contributed by atoms with E-state index >= 15 is 0 Å². The largest absolute Gasteiger partial charge is 0.464 e. The molecule has 2 rings (SSSR count). The number of hydrogen-bond acceptors (Lipinski definition) is 7. The predicted octanol–water partition coefficient (Wildman–Crippen LogP) is 2.56. The smallest absolute Gasteiger partial charge is 0.408 e. The molecule has 0 bridgehead atoms. The van der Waals surface area contributed by atoms with E-state index in [9.17, 15) is 19.2 Å². The van der Waals surface area contributed by atoms with Gasteiger partial charge in [0.2, 0.25) is 5.91 Å². The third-order valence-electron chi connectivity index (χ3n) is 5.56. The van der Waals surface area contributed by atoms with Gasteiger partial charge >= 0.3 is 18.0 Å². The fraction of sp³-hybridized carbons (Fsp3) is 0.818. The fourth-order valence-corrected chi connectivity index (χ4v) is 4.23. The minimum Gasteiger partial charge on any atom is -0.464 e. The topological polar surface area (TPSA) is 111 Å². The summed E-state index contributed by atoms with van der Waals surface area (Å²) in [6.45, 7) is 8.53. The molecule has 31 heavy (non-hydrogen) atoms. The molecule has 1 saturated carbocycles. The molecule has 1 aliphatic heterocycles. The van der Waals surface area contributed by atoms with Gasteiger partial charge in [-0.05, 0) is 47.5 Å². The van der Waals surface area contributed by atoms with Crippen molar-refractivity contribution in [1.29, 1.82) is 0 Å². The molecule has 2 aliphatic rings. The Bertz CT molecular complexity index is 682. The predicted molar refractivity (Wildman–Crippen MR) is 112 cm³/mol. The van der Waals surface area contributed by atoms with Crippen LogP contribution in [0.15, 0.2) is 0 Å². The fourth-order valence-electron chi connectivity index (χ4n) is 4.23. The van der Waals surface area contributed by atoms with E-state index < -0.39 is 35.2 Å². The highest BCUT2D eigenvalue weighted by molar-refractivity contribution is 5.93. The summed E-state index contributed by atoms with van der Waals surface area (Å²) in [4.78, 5) is 52.9. The first-order valence-corrected chi connectivity index (χ1v) is 11.2. The van der Waals surface area contributed by atoms with Gasteiger partial charge in [-0.2, -0.15) is 0 Å². The molecule has 9 nitrogen and oxygen atoms in total. The van der Waals surface area contributed by atoms with Crippen LogP contribution in [0.5, 0.6) is 0 Å². The van der Waals surface area contributed by atoms with Gasteiger partial charge < -0.3 is 24.4 Å². The van der Waals surface area contributed by atoms with Crippen LogP contribution in [0, 0.1) is 5.92 Å². The van der Waals surface area contributed by atoms with Crippen LogP contribution in [-0.4, -0.2) is 65.8 Å². The zero-order valence-electron chi connectivity index (χ0n) is 19.3. The Hall–Kier alpha value is -2.32. The molecule has 1 aliphatic carbocycles. The lowest BCUT2D eigenvalue weighted by molar-refractivity contribution is -0.154. The van der Waals surface area contributed by atoms with Gasteiger partial charge in [-0.25, -0.2) is 14.4 Å². The van der Waals surface area contributed by atoms with Crippen LogP contribution in [0.1, 0.15) is 73.1 Å². The van der Waals surface area contributed by atoms with E-state index in [0.29, 0.717) is 0 Å². The molecule has 2 unspecified atom stereocenters. The van der Waals surface area contributed by atoms with Gasteiger partial charge in [-0.3, -0.25) is 4.79 Å². The Balaban J connectivity index is 2.35. The maximum absolute atomic E-state index is 13.3. The SMILES string of the molecule is CCOC(=O)C1CC(NC(=O)OC(C)(C)C)(C(=O)OCC)CN1C(=O)C1CCCCC1. The quantitative estimate of drug-likeness (QED) is 0.499. The molecule has 2 fully saturated rings. The first kappa shape index (κ1) is 24.9. The molecule has 9 heteroatoms. The van der Waals surface area contributed by atoms with Crippen LogP contribution < -0.4 is 5.32 Å². The molecule has 1 N–H and O–H groups in total. The van der Waals surface area contributed by atoms with E-state index in [1.165, 1.54) is 4.90 Å². The van der Waals surface area contributed by atoms with Crippen molar-refractivity contribution in [2.75, 3.05) is 19.8 Å². The van der Waals surface area contributed by atoms with Gasteiger partial charge in [-0.15, -0.1) is 0 Å². The van der Waals surface area contributed by atoms with Gasteiger partial charge in [0.15, 0.2) is 5.54 Å². The van der Waals surface area contributed by atoms with Crippen molar-refractivity contribution in [3.63, 3.8) is 0 Å². The molecule has 0 spiro atoms. The highest BCUT2D eigenvalue weighted by atomic mass is 16.6. The second-order valence-electron chi connectivity index (χ2n) is 9.20. The number of hydrogen-bond donors (Lipinski definition) is 1. The van der Waals surface area contributed by atoms with Crippen LogP contribution >= 0.6 is 0 Å². The van der Waals surface area contributed by atoms with Crippen molar-refractivity contribution in [2.24, 2.45) is 5.92 Å². The Labute approximate surface area is 184 Å². The monoisotopic (exact) mass is 440 g/mol. The standard InChI is InChI=1S/C22H36N2O7/c1-6-29-18(26)16-13-22(19(27)30-7-2,23-20(28)31-21(3,4)5)14-24(16)17(25)15-11-9-8-10-12-15/h15-16H,6-14H2,1-5H3,(H,23,28). The Kier molecular flexibility index (Phi) is 8.31. The Morgan fingerprint density at radius 2 is 1.61 bits per heavy atom. The van der Waals surface area contributed by atoms with Crippen LogP contribution in [0.3, 0.4) is 0 Å². The van der Waals surface area contributed by atoms with E-state index in [2.05, 4.69) is 5.32 Å². The van der Waals surface area contributed by atoms with Gasteiger partial charge in [-0.1, -0.05) is 19.3 Å². The van der Waals surface area contributed by atoms with Crippen LogP contribution in [0.25, 0.3) is 0 Å². The summed E-state index contributed by atoms with van der Waals surface area (Å²) < 4.78 is 15.7. The maximum atomic E-state index is 13.3. The van der Waals surface area contributed by atoms with Gasteiger partial charge in [0.25, 0.3) is 0 Å². The maximum Gasteiger partial charge on any atom is 0.408 e. The summed E-state index contributed by atoms with van der Waals surface area (Å²) in [5, 5.41) is 2.61. The van der Waals surface area contributed by atoms with E-state index in [1.807, 2.05) is 0 Å². The van der Waals surface area contributed by atoms with Crippen LogP contribution in [-0.2, 0) is 28.6 Å². The summed E-state index contributed by atoms with van der Waals surface area (Å²) in [6, 6.07) is -0.978. The second-order valence-corrected chi connectivity index (χ2v) is 9.20. The van der Waals surface area contributed by atoms with Crippen molar-refractivity contribution < 1.29 is 33.4 Å². The lowest BCUT2D eigenvalue weighted by atomic mass is 9.88. The number of rotatable bonds is 6. The lowest BCUT2D eigenvalue weighted by Crippen LogP contribution is -2.58. The molecule has 1 saturated heterocycles. The summed E-state index contributed by atoms with van der Waals surface area (Å²) >= 11 is 0. The third-order valence-corrected chi connectivity index (χ3v) is 5.56. The number of likely N-dealkylation sites (tertiary alicyclic amines) is 1. The Morgan fingerprint density at radius 3 is 2.16 bits per heavy atom. The number of nitrogens with zero attached hydrogens (tertiary/aromatic N) is 1. The van der Waals surface area contributed by atoms with Crippen molar-refractivity contribution in [3.05, 3.63) is 0 Å². The van der Waals surface area contributed by atoms with Gasteiger partial charge in [0.1, 0.15) is 11.6 Å². The van der Waals surface area contributed by atoms with Crippen molar-refractivity contribution >= 4 is 23.9 Å². The summed E-state index contributed by atoms with van der Waals surface area (Å²) in [7, 11) is 0. The molecule has 2 amide bonds. The summed E-state index contributed by atoms with van der Waals surface area (Å²) in [5.41, 5.74) is -2.36. The minimum atomic E-state index is -1.58. The first-order chi connectivity index (χ1) is 14.5. The molecule has 1 heterocycles. The summed E-state index contributed by atoms with van der Waals surface area (Å²) in [5.74, 6) is -1.68. The highest BCUT2D eigenvalue weighted by Crippen LogP contribution is 2.34. The van der Waals surface area contributed by atoms with Crippen molar-refractivity contribution in [1.82, 2.24) is 10.2 Å². The zero-order chi connectivity index (χ0) is 23.2.